The van der Waals surface area contributed by atoms with Crippen LogP contribution >= 0.6 is 24.0 Å². The summed E-state index contributed by atoms with van der Waals surface area (Å²) in [6, 6.07) is 1.88. The number of halogens is 1. The maximum absolute atomic E-state index is 11.2. The van der Waals surface area contributed by atoms with Crippen LogP contribution in [0.3, 0.4) is 0 Å². The first-order valence-corrected chi connectivity index (χ1v) is 9.86. The molecule has 1 aliphatic rings. The van der Waals surface area contributed by atoms with Crippen molar-refractivity contribution in [2.75, 3.05) is 51.3 Å². The number of piperazine rings is 1. The van der Waals surface area contributed by atoms with E-state index in [9.17, 15) is 8.42 Å². The average molecular weight is 471 g/mol. The Morgan fingerprint density at radius 2 is 2.08 bits per heavy atom. The average Bonchev–Trinajstić information content (AvgIpc) is 2.99. The molecule has 0 aliphatic carbocycles. The van der Waals surface area contributed by atoms with Gasteiger partial charge in [0.15, 0.2) is 5.96 Å². The zero-order chi connectivity index (χ0) is 16.7. The quantitative estimate of drug-likeness (QED) is 0.366. The number of hydrogen-bond donors (Lipinski definition) is 1. The Kier molecular flexibility index (Phi) is 8.98. The molecule has 1 fully saturated rings. The topological polar surface area (TPSA) is 91.0 Å². The van der Waals surface area contributed by atoms with Gasteiger partial charge < -0.3 is 14.7 Å². The number of nitrogens with one attached hydrogen (secondary N) is 1. The van der Waals surface area contributed by atoms with Crippen molar-refractivity contribution in [1.82, 2.24) is 20.3 Å². The van der Waals surface area contributed by atoms with Crippen LogP contribution in [0.5, 0.6) is 0 Å². The minimum Gasteiger partial charge on any atom is -0.364 e. The van der Waals surface area contributed by atoms with Crippen LogP contribution in [0.1, 0.15) is 12.6 Å². The number of aliphatic imine (C=N–C) groups is 1. The molecule has 0 saturated carbocycles. The van der Waals surface area contributed by atoms with Crippen molar-refractivity contribution < 1.29 is 12.9 Å². The van der Waals surface area contributed by atoms with E-state index < -0.39 is 9.84 Å². The summed E-state index contributed by atoms with van der Waals surface area (Å²) in [7, 11) is -2.98. The molecule has 1 aromatic rings. The lowest BCUT2D eigenvalue weighted by Gasteiger charge is -2.36. The molecule has 2 heterocycles. The van der Waals surface area contributed by atoms with Crippen molar-refractivity contribution >= 4 is 39.8 Å². The molecule has 1 aromatic heterocycles. The van der Waals surface area contributed by atoms with Gasteiger partial charge in [0.05, 0.1) is 18.0 Å². The van der Waals surface area contributed by atoms with E-state index in [0.717, 1.165) is 50.9 Å². The van der Waals surface area contributed by atoms with E-state index in [4.69, 9.17) is 4.52 Å². The molecule has 0 unspecified atom stereocenters. The number of rotatable bonds is 6. The van der Waals surface area contributed by atoms with Crippen LogP contribution in [-0.4, -0.2) is 80.6 Å². The number of nitrogens with zero attached hydrogens (tertiary/aromatic N) is 4. The molecule has 0 amide bonds. The van der Waals surface area contributed by atoms with Gasteiger partial charge in [-0.3, -0.25) is 9.89 Å². The summed E-state index contributed by atoms with van der Waals surface area (Å²) in [6.07, 6.45) is 2.82. The normalized spacial score (nSPS) is 16.8. The number of hydrogen-bond acceptors (Lipinski definition) is 6. The Labute approximate surface area is 160 Å². The van der Waals surface area contributed by atoms with E-state index in [2.05, 4.69) is 25.3 Å². The van der Waals surface area contributed by atoms with Crippen LogP contribution in [0, 0.1) is 0 Å². The van der Waals surface area contributed by atoms with E-state index >= 15 is 0 Å². The van der Waals surface area contributed by atoms with Crippen molar-refractivity contribution in [2.24, 2.45) is 4.99 Å². The Balaban J connectivity index is 0.00000288. The zero-order valence-corrected chi connectivity index (χ0v) is 17.3. The minimum atomic E-state index is -2.98. The maximum atomic E-state index is 11.2. The fraction of sp³-hybridized carbons (Fsp3) is 0.714. The van der Waals surface area contributed by atoms with Gasteiger partial charge in [0.2, 0.25) is 0 Å². The van der Waals surface area contributed by atoms with E-state index in [0.29, 0.717) is 6.54 Å². The number of guanidine groups is 1. The van der Waals surface area contributed by atoms with Crippen molar-refractivity contribution in [1.29, 1.82) is 0 Å². The van der Waals surface area contributed by atoms with Crippen LogP contribution in [0.25, 0.3) is 0 Å². The van der Waals surface area contributed by atoms with E-state index in [-0.39, 0.29) is 29.7 Å². The summed E-state index contributed by atoms with van der Waals surface area (Å²) >= 11 is 0. The van der Waals surface area contributed by atoms with Gasteiger partial charge in [-0.2, -0.15) is 0 Å². The highest BCUT2D eigenvalue weighted by Crippen LogP contribution is 2.07. The highest BCUT2D eigenvalue weighted by molar-refractivity contribution is 14.0. The molecule has 1 N–H and O–H groups in total. The first-order valence-electron chi connectivity index (χ1n) is 7.80. The smallest absolute Gasteiger partial charge is 0.194 e. The van der Waals surface area contributed by atoms with Crippen LogP contribution in [0.15, 0.2) is 21.8 Å². The molecule has 2 rings (SSSR count). The molecule has 10 heteroatoms. The Morgan fingerprint density at radius 1 is 1.38 bits per heavy atom. The van der Waals surface area contributed by atoms with E-state index in [1.807, 2.05) is 13.0 Å². The maximum Gasteiger partial charge on any atom is 0.194 e. The Bertz CT molecular complexity index is 598. The zero-order valence-electron chi connectivity index (χ0n) is 14.1. The highest BCUT2D eigenvalue weighted by Gasteiger charge is 2.20. The summed E-state index contributed by atoms with van der Waals surface area (Å²) in [4.78, 5) is 8.92. The van der Waals surface area contributed by atoms with E-state index in [1.54, 1.807) is 6.26 Å². The second-order valence-corrected chi connectivity index (χ2v) is 7.88. The lowest BCUT2D eigenvalue weighted by Crippen LogP contribution is -2.52. The van der Waals surface area contributed by atoms with Crippen LogP contribution < -0.4 is 5.32 Å². The molecule has 1 aliphatic heterocycles. The molecular formula is C14H26IN5O3S. The summed E-state index contributed by atoms with van der Waals surface area (Å²) in [5.74, 6) is 0.867. The van der Waals surface area contributed by atoms with E-state index in [1.165, 1.54) is 6.26 Å². The van der Waals surface area contributed by atoms with Gasteiger partial charge in [-0.1, -0.05) is 5.16 Å². The monoisotopic (exact) mass is 471 g/mol. The Morgan fingerprint density at radius 3 is 2.62 bits per heavy atom. The number of aromatic nitrogens is 1. The third-order valence-electron chi connectivity index (χ3n) is 3.61. The molecule has 0 atom stereocenters. The van der Waals surface area contributed by atoms with Crippen LogP contribution in [0.2, 0.25) is 0 Å². The predicted molar refractivity (Wildman–Crippen MR) is 104 cm³/mol. The molecule has 0 radical (unpaired) electrons. The minimum absolute atomic E-state index is 0. The summed E-state index contributed by atoms with van der Waals surface area (Å²) in [5.41, 5.74) is 0.937. The molecule has 1 saturated heterocycles. The molecule has 0 aromatic carbocycles. The van der Waals surface area contributed by atoms with Gasteiger partial charge in [-0.25, -0.2) is 8.42 Å². The van der Waals surface area contributed by atoms with Crippen LogP contribution in [-0.2, 0) is 16.4 Å². The molecular weight excluding hydrogens is 445 g/mol. The molecule has 24 heavy (non-hydrogen) atoms. The van der Waals surface area contributed by atoms with Crippen molar-refractivity contribution in [2.45, 2.75) is 13.5 Å². The van der Waals surface area contributed by atoms with Gasteiger partial charge in [-0.15, -0.1) is 24.0 Å². The second-order valence-electron chi connectivity index (χ2n) is 5.62. The third-order valence-corrected chi connectivity index (χ3v) is 4.53. The van der Waals surface area contributed by atoms with Crippen LogP contribution in [0.4, 0.5) is 0 Å². The van der Waals surface area contributed by atoms with Gasteiger partial charge in [0.1, 0.15) is 16.1 Å². The predicted octanol–water partition coefficient (Wildman–Crippen LogP) is 0.420. The standard InChI is InChI=1S/C14H25N5O3S.HI/c1-3-15-14(16-5-11-23(2,20)21)19-8-6-18(7-9-19)12-13-4-10-22-17-13;/h4,10H,3,5-9,11-12H2,1-2H3,(H,15,16);1H. The molecule has 138 valence electrons. The third kappa shape index (κ3) is 7.34. The molecule has 8 nitrogen and oxygen atoms in total. The lowest BCUT2D eigenvalue weighted by molar-refractivity contribution is 0.169. The van der Waals surface area contributed by atoms with Gasteiger partial charge in [0.25, 0.3) is 0 Å². The number of sulfone groups is 1. The SMILES string of the molecule is CCNC(=NCCS(C)(=O)=O)N1CCN(Cc2ccon2)CC1.I. The fourth-order valence-electron chi connectivity index (χ4n) is 2.41. The first kappa shape index (κ1) is 21.2. The van der Waals surface area contributed by atoms with Gasteiger partial charge in [0, 0.05) is 51.6 Å². The van der Waals surface area contributed by atoms with Crippen molar-refractivity contribution in [3.8, 4) is 0 Å². The highest BCUT2D eigenvalue weighted by atomic mass is 127. The fourth-order valence-corrected chi connectivity index (χ4v) is 2.83. The van der Waals surface area contributed by atoms with Crippen molar-refractivity contribution in [3.63, 3.8) is 0 Å². The van der Waals surface area contributed by atoms with Gasteiger partial charge >= 0.3 is 0 Å². The largest absolute Gasteiger partial charge is 0.364 e. The lowest BCUT2D eigenvalue weighted by atomic mass is 10.3. The van der Waals surface area contributed by atoms with Crippen molar-refractivity contribution in [3.05, 3.63) is 18.0 Å². The molecule has 0 spiro atoms. The first-order chi connectivity index (χ1) is 11.0. The summed E-state index contributed by atoms with van der Waals surface area (Å²) in [6.45, 7) is 7.36. The van der Waals surface area contributed by atoms with Gasteiger partial charge in [-0.05, 0) is 6.92 Å². The second kappa shape index (κ2) is 10.2. The molecule has 0 bridgehead atoms. The summed E-state index contributed by atoms with van der Waals surface area (Å²) < 4.78 is 27.3. The summed E-state index contributed by atoms with van der Waals surface area (Å²) in [5, 5.41) is 7.17. The Hall–Kier alpha value is -0.880.